The molecule has 37 heavy (non-hydrogen) atoms. The molecule has 0 radical (unpaired) electrons. The summed E-state index contributed by atoms with van der Waals surface area (Å²) in [6, 6.07) is 42.3. The van der Waals surface area contributed by atoms with Crippen LogP contribution in [0.4, 0.5) is 0 Å². The predicted molar refractivity (Wildman–Crippen MR) is 154 cm³/mol. The van der Waals surface area contributed by atoms with Gasteiger partial charge in [-0.15, -0.1) is 0 Å². The summed E-state index contributed by atoms with van der Waals surface area (Å²) in [6.07, 6.45) is 0. The normalized spacial score (nSPS) is 11.4. The highest BCUT2D eigenvalue weighted by molar-refractivity contribution is 6.28. The molecule has 1 heterocycles. The Kier molecular flexibility index (Phi) is 5.16. The van der Waals surface area contributed by atoms with Gasteiger partial charge in [0.15, 0.2) is 11.6 Å². The molecule has 1 aromatic heterocycles. The van der Waals surface area contributed by atoms with Crippen LogP contribution in [0.5, 0.6) is 0 Å². The lowest BCUT2D eigenvalue weighted by atomic mass is 9.95. The maximum absolute atomic E-state index is 6.27. The Bertz CT molecular complexity index is 1950. The first-order chi connectivity index (χ1) is 18.2. The molecular formula is C33H20ClN3. The van der Waals surface area contributed by atoms with E-state index >= 15 is 0 Å². The molecule has 174 valence electrons. The quantitative estimate of drug-likeness (QED) is 0.230. The zero-order valence-electron chi connectivity index (χ0n) is 19.8. The minimum Gasteiger partial charge on any atom is -0.208 e. The third-order valence-corrected chi connectivity index (χ3v) is 6.99. The first-order valence-corrected chi connectivity index (χ1v) is 12.5. The number of halogens is 1. The number of fused-ring (bicyclic) bond motifs is 4. The van der Waals surface area contributed by atoms with E-state index in [0.29, 0.717) is 11.6 Å². The number of hydrogen-bond acceptors (Lipinski definition) is 3. The van der Waals surface area contributed by atoms with Gasteiger partial charge in [0, 0.05) is 11.1 Å². The SMILES string of the molecule is Clc1nc(-c2ccccc2)nc(-c2ccc3cc(-c4ccc5ccc6ccccc6c5c4)ccc3c2)n1. The molecule has 0 aliphatic heterocycles. The topological polar surface area (TPSA) is 38.7 Å². The second-order valence-electron chi connectivity index (χ2n) is 9.12. The summed E-state index contributed by atoms with van der Waals surface area (Å²) in [5.74, 6) is 1.13. The molecule has 0 aliphatic carbocycles. The van der Waals surface area contributed by atoms with E-state index in [9.17, 15) is 0 Å². The summed E-state index contributed by atoms with van der Waals surface area (Å²) in [7, 11) is 0. The first-order valence-electron chi connectivity index (χ1n) is 12.1. The van der Waals surface area contributed by atoms with Gasteiger partial charge in [-0.05, 0) is 73.2 Å². The Morgan fingerprint density at radius 3 is 1.70 bits per heavy atom. The van der Waals surface area contributed by atoms with Crippen LogP contribution in [0.3, 0.4) is 0 Å². The summed E-state index contributed by atoms with van der Waals surface area (Å²) in [5, 5.41) is 7.51. The molecule has 0 fully saturated rings. The van der Waals surface area contributed by atoms with E-state index < -0.39 is 0 Å². The fraction of sp³-hybridized carbons (Fsp3) is 0. The van der Waals surface area contributed by atoms with E-state index in [4.69, 9.17) is 16.6 Å². The molecule has 0 amide bonds. The lowest BCUT2D eigenvalue weighted by Crippen LogP contribution is -1.97. The van der Waals surface area contributed by atoms with Crippen LogP contribution < -0.4 is 0 Å². The van der Waals surface area contributed by atoms with Crippen LogP contribution in [0.25, 0.3) is 66.2 Å². The molecule has 0 saturated carbocycles. The largest absolute Gasteiger partial charge is 0.226 e. The maximum atomic E-state index is 6.27. The van der Waals surface area contributed by atoms with Gasteiger partial charge in [0.05, 0.1) is 0 Å². The Labute approximate surface area is 219 Å². The van der Waals surface area contributed by atoms with Crippen molar-refractivity contribution in [3.8, 4) is 33.9 Å². The van der Waals surface area contributed by atoms with Crippen molar-refractivity contribution in [1.29, 1.82) is 0 Å². The van der Waals surface area contributed by atoms with E-state index in [2.05, 4.69) is 94.9 Å². The number of hydrogen-bond donors (Lipinski definition) is 0. The van der Waals surface area contributed by atoms with E-state index in [1.807, 2.05) is 36.4 Å². The second-order valence-corrected chi connectivity index (χ2v) is 9.46. The molecule has 0 saturated heterocycles. The monoisotopic (exact) mass is 493 g/mol. The van der Waals surface area contributed by atoms with Crippen LogP contribution in [-0.2, 0) is 0 Å². The van der Waals surface area contributed by atoms with Crippen LogP contribution in [0.15, 0.2) is 121 Å². The summed E-state index contributed by atoms with van der Waals surface area (Å²) in [6.45, 7) is 0. The molecule has 0 aliphatic rings. The Morgan fingerprint density at radius 2 is 0.919 bits per heavy atom. The second kappa shape index (κ2) is 8.81. The third-order valence-electron chi connectivity index (χ3n) is 6.82. The predicted octanol–water partition coefficient (Wildman–Crippen LogP) is 8.99. The van der Waals surface area contributed by atoms with Crippen molar-refractivity contribution in [2.24, 2.45) is 0 Å². The van der Waals surface area contributed by atoms with Gasteiger partial charge in [0.2, 0.25) is 5.28 Å². The van der Waals surface area contributed by atoms with Crippen molar-refractivity contribution in [3.05, 3.63) is 127 Å². The molecule has 0 unspecified atom stereocenters. The molecule has 0 bridgehead atoms. The van der Waals surface area contributed by atoms with Crippen LogP contribution >= 0.6 is 11.6 Å². The van der Waals surface area contributed by atoms with E-state index in [0.717, 1.165) is 21.9 Å². The molecule has 7 aromatic rings. The zero-order valence-corrected chi connectivity index (χ0v) is 20.5. The highest BCUT2D eigenvalue weighted by atomic mass is 35.5. The van der Waals surface area contributed by atoms with Gasteiger partial charge in [0.1, 0.15) is 0 Å². The molecule has 6 aromatic carbocycles. The van der Waals surface area contributed by atoms with Gasteiger partial charge < -0.3 is 0 Å². The average molecular weight is 494 g/mol. The number of aromatic nitrogens is 3. The van der Waals surface area contributed by atoms with Crippen molar-refractivity contribution in [2.75, 3.05) is 0 Å². The Hall–Kier alpha value is -4.60. The highest BCUT2D eigenvalue weighted by Crippen LogP contribution is 2.32. The maximum Gasteiger partial charge on any atom is 0.226 e. The van der Waals surface area contributed by atoms with Crippen molar-refractivity contribution in [1.82, 2.24) is 15.0 Å². The van der Waals surface area contributed by atoms with E-state index in [1.54, 1.807) is 0 Å². The van der Waals surface area contributed by atoms with Crippen molar-refractivity contribution < 1.29 is 0 Å². The van der Waals surface area contributed by atoms with Gasteiger partial charge in [0.25, 0.3) is 0 Å². The van der Waals surface area contributed by atoms with Gasteiger partial charge >= 0.3 is 0 Å². The van der Waals surface area contributed by atoms with Crippen LogP contribution in [0.2, 0.25) is 5.28 Å². The van der Waals surface area contributed by atoms with Crippen LogP contribution in [0.1, 0.15) is 0 Å². The minimum absolute atomic E-state index is 0.183. The highest BCUT2D eigenvalue weighted by Gasteiger charge is 2.11. The van der Waals surface area contributed by atoms with Gasteiger partial charge in [-0.3, -0.25) is 0 Å². The average Bonchev–Trinajstić information content (AvgIpc) is 2.96. The number of rotatable bonds is 3. The fourth-order valence-electron chi connectivity index (χ4n) is 4.94. The summed E-state index contributed by atoms with van der Waals surface area (Å²) in [4.78, 5) is 13.4. The minimum atomic E-state index is 0.183. The van der Waals surface area contributed by atoms with Gasteiger partial charge in [-0.1, -0.05) is 103 Å². The number of nitrogens with zero attached hydrogens (tertiary/aromatic N) is 3. The summed E-state index contributed by atoms with van der Waals surface area (Å²) >= 11 is 6.27. The molecule has 3 nitrogen and oxygen atoms in total. The van der Waals surface area contributed by atoms with Crippen molar-refractivity contribution >= 4 is 43.9 Å². The van der Waals surface area contributed by atoms with Crippen LogP contribution in [-0.4, -0.2) is 15.0 Å². The van der Waals surface area contributed by atoms with Gasteiger partial charge in [-0.25, -0.2) is 4.98 Å². The van der Waals surface area contributed by atoms with Crippen LogP contribution in [0, 0.1) is 0 Å². The molecule has 7 rings (SSSR count). The standard InChI is InChI=1S/C33H20ClN3/c34-33-36-31(23-7-2-1-3-8-23)35-32(37-33)28-17-16-24-18-25(14-15-26(24)19-28)27-13-12-22-11-10-21-6-4-5-9-29(21)30(22)20-27/h1-20H. The van der Waals surface area contributed by atoms with E-state index in [-0.39, 0.29) is 5.28 Å². The first kappa shape index (κ1) is 21.7. The summed E-state index contributed by atoms with van der Waals surface area (Å²) in [5.41, 5.74) is 4.19. The lowest BCUT2D eigenvalue weighted by Gasteiger charge is -2.09. The molecule has 0 atom stereocenters. The fourth-order valence-corrected chi connectivity index (χ4v) is 5.10. The van der Waals surface area contributed by atoms with E-state index in [1.165, 1.54) is 32.7 Å². The van der Waals surface area contributed by atoms with Crippen molar-refractivity contribution in [3.63, 3.8) is 0 Å². The van der Waals surface area contributed by atoms with Gasteiger partial charge in [-0.2, -0.15) is 9.97 Å². The number of benzene rings is 6. The third kappa shape index (κ3) is 4.00. The Balaban J connectivity index is 1.29. The molecule has 0 N–H and O–H groups in total. The summed E-state index contributed by atoms with van der Waals surface area (Å²) < 4.78 is 0. The Morgan fingerprint density at radius 1 is 0.378 bits per heavy atom. The smallest absolute Gasteiger partial charge is 0.208 e. The molecular weight excluding hydrogens is 474 g/mol. The lowest BCUT2D eigenvalue weighted by molar-refractivity contribution is 1.07. The van der Waals surface area contributed by atoms with Crippen molar-refractivity contribution in [2.45, 2.75) is 0 Å². The molecule has 0 spiro atoms. The zero-order chi connectivity index (χ0) is 24.8. The molecule has 4 heteroatoms.